The summed E-state index contributed by atoms with van der Waals surface area (Å²) in [5.41, 5.74) is 0.335. The van der Waals surface area contributed by atoms with Crippen molar-refractivity contribution in [1.82, 2.24) is 0 Å². The topological polar surface area (TPSA) is 18.5 Å². The molecular weight excluding hydrogens is 164 g/mol. The molecular formula is C11H22O2. The van der Waals surface area contributed by atoms with Crippen molar-refractivity contribution in [2.24, 2.45) is 10.8 Å². The summed E-state index contributed by atoms with van der Waals surface area (Å²) in [6.07, 6.45) is 0. The fourth-order valence-electron chi connectivity index (χ4n) is 1.14. The number of hydrogen-bond acceptors (Lipinski definition) is 2. The molecule has 2 nitrogen and oxygen atoms in total. The molecule has 0 unspecified atom stereocenters. The first kappa shape index (κ1) is 11.0. The van der Waals surface area contributed by atoms with Crippen molar-refractivity contribution >= 4 is 0 Å². The lowest BCUT2D eigenvalue weighted by Crippen LogP contribution is -2.37. The third-order valence-electron chi connectivity index (χ3n) is 3.39. The third kappa shape index (κ3) is 2.23. The van der Waals surface area contributed by atoms with Crippen LogP contribution in [0.25, 0.3) is 0 Å². The monoisotopic (exact) mass is 186 g/mol. The van der Waals surface area contributed by atoms with Gasteiger partial charge in [0, 0.05) is 0 Å². The van der Waals surface area contributed by atoms with Crippen molar-refractivity contribution in [3.63, 3.8) is 0 Å². The van der Waals surface area contributed by atoms with Crippen LogP contribution in [-0.2, 0) is 9.47 Å². The maximum Gasteiger partial charge on any atom is 0.162 e. The van der Waals surface area contributed by atoms with E-state index in [9.17, 15) is 0 Å². The van der Waals surface area contributed by atoms with Crippen LogP contribution in [0.2, 0.25) is 0 Å². The first-order valence-electron chi connectivity index (χ1n) is 4.94. The average Bonchev–Trinajstić information content (AvgIpc) is 2.02. The first-order chi connectivity index (χ1) is 5.66. The molecule has 0 atom stereocenters. The van der Waals surface area contributed by atoms with Gasteiger partial charge >= 0.3 is 0 Å². The van der Waals surface area contributed by atoms with E-state index in [0.717, 1.165) is 13.2 Å². The third-order valence-corrected chi connectivity index (χ3v) is 3.39. The molecule has 0 aromatic heterocycles. The Kier molecular flexibility index (Phi) is 2.50. The molecule has 1 rings (SSSR count). The fourth-order valence-corrected chi connectivity index (χ4v) is 1.14. The summed E-state index contributed by atoms with van der Waals surface area (Å²) in [4.78, 5) is 0. The molecule has 0 spiro atoms. The van der Waals surface area contributed by atoms with Gasteiger partial charge < -0.3 is 9.47 Å². The van der Waals surface area contributed by atoms with Crippen molar-refractivity contribution in [2.45, 2.75) is 47.3 Å². The largest absolute Gasteiger partial charge is 0.350 e. The maximum atomic E-state index is 5.72. The molecule has 2 heteroatoms. The molecule has 0 aromatic carbocycles. The van der Waals surface area contributed by atoms with E-state index in [1.807, 2.05) is 13.8 Å². The van der Waals surface area contributed by atoms with Crippen LogP contribution in [0.15, 0.2) is 0 Å². The van der Waals surface area contributed by atoms with Gasteiger partial charge in [-0.1, -0.05) is 27.7 Å². The van der Waals surface area contributed by atoms with Crippen LogP contribution in [0.4, 0.5) is 0 Å². The predicted molar refractivity (Wildman–Crippen MR) is 53.5 cm³/mol. The molecule has 1 fully saturated rings. The zero-order valence-corrected chi connectivity index (χ0v) is 9.73. The Balaban J connectivity index is 2.82. The lowest BCUT2D eigenvalue weighted by atomic mass is 9.69. The normalized spacial score (nSPS) is 30.9. The minimum Gasteiger partial charge on any atom is -0.350 e. The zero-order chi connectivity index (χ0) is 10.3. The van der Waals surface area contributed by atoms with Crippen LogP contribution in [0.3, 0.4) is 0 Å². The van der Waals surface area contributed by atoms with Crippen LogP contribution in [0.1, 0.15) is 41.5 Å². The van der Waals surface area contributed by atoms with Crippen LogP contribution in [-0.4, -0.2) is 19.0 Å². The lowest BCUT2D eigenvalue weighted by molar-refractivity contribution is -0.205. The Morgan fingerprint density at radius 3 is 1.31 bits per heavy atom. The van der Waals surface area contributed by atoms with E-state index >= 15 is 0 Å². The highest BCUT2D eigenvalue weighted by Gasteiger charge is 2.42. The Morgan fingerprint density at radius 2 is 1.00 bits per heavy atom. The highest BCUT2D eigenvalue weighted by molar-refractivity contribution is 4.88. The van der Waals surface area contributed by atoms with Crippen molar-refractivity contribution in [1.29, 1.82) is 0 Å². The zero-order valence-electron chi connectivity index (χ0n) is 9.73. The number of ether oxygens (including phenoxy) is 2. The molecule has 0 bridgehead atoms. The van der Waals surface area contributed by atoms with Crippen molar-refractivity contribution in [3.8, 4) is 0 Å². The molecule has 1 saturated heterocycles. The van der Waals surface area contributed by atoms with Crippen molar-refractivity contribution < 1.29 is 9.47 Å². The van der Waals surface area contributed by atoms with Gasteiger partial charge in [-0.25, -0.2) is 0 Å². The van der Waals surface area contributed by atoms with Gasteiger partial charge in [-0.2, -0.15) is 0 Å². The van der Waals surface area contributed by atoms with Gasteiger partial charge in [0.25, 0.3) is 0 Å². The second-order valence-corrected chi connectivity index (χ2v) is 5.74. The summed E-state index contributed by atoms with van der Waals surface area (Å²) >= 11 is 0. The molecule has 1 heterocycles. The summed E-state index contributed by atoms with van der Waals surface area (Å²) < 4.78 is 11.4. The van der Waals surface area contributed by atoms with Gasteiger partial charge in [0.05, 0.1) is 13.2 Å². The predicted octanol–water partition coefficient (Wildman–Crippen LogP) is 2.82. The molecule has 0 aliphatic carbocycles. The quantitative estimate of drug-likeness (QED) is 0.579. The van der Waals surface area contributed by atoms with E-state index in [0.29, 0.717) is 0 Å². The standard InChI is InChI=1S/C11H22O2/c1-9(2)7-12-11(5,6)13-8-10(9,3)4/h7-8H2,1-6H3. The van der Waals surface area contributed by atoms with E-state index < -0.39 is 5.79 Å². The maximum absolute atomic E-state index is 5.72. The van der Waals surface area contributed by atoms with E-state index in [4.69, 9.17) is 9.47 Å². The highest BCUT2D eigenvalue weighted by atomic mass is 16.7. The minimum absolute atomic E-state index is 0.167. The van der Waals surface area contributed by atoms with Crippen LogP contribution >= 0.6 is 0 Å². The summed E-state index contributed by atoms with van der Waals surface area (Å²) in [6, 6.07) is 0. The molecule has 0 amide bonds. The highest BCUT2D eigenvalue weighted by Crippen LogP contribution is 2.42. The Morgan fingerprint density at radius 1 is 0.692 bits per heavy atom. The molecule has 0 saturated carbocycles. The minimum atomic E-state index is -0.426. The first-order valence-corrected chi connectivity index (χ1v) is 4.94. The van der Waals surface area contributed by atoms with Gasteiger partial charge in [0.1, 0.15) is 0 Å². The Bertz CT molecular complexity index is 172. The van der Waals surface area contributed by atoms with Crippen LogP contribution < -0.4 is 0 Å². The second kappa shape index (κ2) is 2.96. The summed E-state index contributed by atoms with van der Waals surface area (Å²) in [7, 11) is 0. The molecule has 0 N–H and O–H groups in total. The molecule has 0 aromatic rings. The fraction of sp³-hybridized carbons (Fsp3) is 1.00. The van der Waals surface area contributed by atoms with Gasteiger partial charge in [-0.05, 0) is 24.7 Å². The molecule has 1 aliphatic rings. The summed E-state index contributed by atoms with van der Waals surface area (Å²) in [5.74, 6) is -0.426. The van der Waals surface area contributed by atoms with Crippen molar-refractivity contribution in [3.05, 3.63) is 0 Å². The SMILES string of the molecule is CC1(C)OCC(C)(C)C(C)(C)CO1. The van der Waals surface area contributed by atoms with E-state index in [-0.39, 0.29) is 10.8 Å². The molecule has 1 aliphatic heterocycles. The Hall–Kier alpha value is -0.0800. The van der Waals surface area contributed by atoms with E-state index in [1.165, 1.54) is 0 Å². The van der Waals surface area contributed by atoms with Crippen LogP contribution in [0, 0.1) is 10.8 Å². The number of rotatable bonds is 0. The van der Waals surface area contributed by atoms with Gasteiger partial charge in [-0.3, -0.25) is 0 Å². The number of hydrogen-bond donors (Lipinski definition) is 0. The molecule has 0 radical (unpaired) electrons. The summed E-state index contributed by atoms with van der Waals surface area (Å²) in [6.45, 7) is 14.4. The van der Waals surface area contributed by atoms with E-state index in [1.54, 1.807) is 0 Å². The van der Waals surface area contributed by atoms with Gasteiger partial charge in [0.15, 0.2) is 5.79 Å². The van der Waals surface area contributed by atoms with Crippen LogP contribution in [0.5, 0.6) is 0 Å². The lowest BCUT2D eigenvalue weighted by Gasteiger charge is -2.38. The summed E-state index contributed by atoms with van der Waals surface area (Å²) in [5, 5.41) is 0. The van der Waals surface area contributed by atoms with Gasteiger partial charge in [-0.15, -0.1) is 0 Å². The average molecular weight is 186 g/mol. The van der Waals surface area contributed by atoms with Gasteiger partial charge in [0.2, 0.25) is 0 Å². The second-order valence-electron chi connectivity index (χ2n) is 5.74. The molecule has 78 valence electrons. The molecule has 13 heavy (non-hydrogen) atoms. The van der Waals surface area contributed by atoms with E-state index in [2.05, 4.69) is 27.7 Å². The smallest absolute Gasteiger partial charge is 0.162 e. The van der Waals surface area contributed by atoms with Crippen molar-refractivity contribution in [2.75, 3.05) is 13.2 Å². The Labute approximate surface area is 81.6 Å².